The summed E-state index contributed by atoms with van der Waals surface area (Å²) in [6.07, 6.45) is 0. The van der Waals surface area contributed by atoms with Gasteiger partial charge < -0.3 is 26.2 Å². The molecule has 0 fully saturated rings. The van der Waals surface area contributed by atoms with Gasteiger partial charge in [0.05, 0.1) is 5.56 Å². The maximum Gasteiger partial charge on any atom is 0.258 e. The Hall–Kier alpha value is -2.52. The minimum atomic E-state index is -0.825. The van der Waals surface area contributed by atoms with Crippen LogP contribution in [0.1, 0.15) is 10.4 Å². The van der Waals surface area contributed by atoms with Gasteiger partial charge in [-0.15, -0.1) is 0 Å². The molecular weight excluding hydrogens is 388 g/mol. The first-order valence-corrected chi connectivity index (χ1v) is 7.30. The Morgan fingerprint density at radius 3 is 2.30 bits per heavy atom. The van der Waals surface area contributed by atoms with Gasteiger partial charge in [0.1, 0.15) is 5.75 Å². The number of phenols is 4. The Labute approximate surface area is 144 Å². The predicted molar refractivity (Wildman–Crippen MR) is 90.5 cm³/mol. The van der Waals surface area contributed by atoms with E-state index in [0.29, 0.717) is 4.47 Å². The molecule has 2 aromatic carbocycles. The summed E-state index contributed by atoms with van der Waals surface area (Å²) in [6.45, 7) is 0. The maximum atomic E-state index is 12.2. The number of phenolic OH excluding ortho intramolecular Hbond substituents is 4. The van der Waals surface area contributed by atoms with Crippen LogP contribution in [0.15, 0.2) is 28.7 Å². The third-order valence-electron chi connectivity index (χ3n) is 2.96. The summed E-state index contributed by atoms with van der Waals surface area (Å²) in [7, 11) is 0. The van der Waals surface area contributed by atoms with Crippen LogP contribution in [0.3, 0.4) is 0 Å². The molecule has 0 heterocycles. The molecule has 7 nitrogen and oxygen atoms in total. The SMILES string of the molecule is NC(=S)NC(=O)c1cc(O)c(O)c(O)c1-c1ccc(Br)cc1O. The van der Waals surface area contributed by atoms with Crippen molar-refractivity contribution in [2.24, 2.45) is 5.73 Å². The number of carbonyl (C=O) groups excluding carboxylic acids is 1. The Kier molecular flexibility index (Phi) is 4.62. The molecule has 0 radical (unpaired) electrons. The largest absolute Gasteiger partial charge is 0.507 e. The maximum absolute atomic E-state index is 12.2. The van der Waals surface area contributed by atoms with E-state index in [4.69, 9.17) is 5.73 Å². The van der Waals surface area contributed by atoms with Crippen LogP contribution in [0.5, 0.6) is 23.0 Å². The van der Waals surface area contributed by atoms with Gasteiger partial charge in [-0.05, 0) is 36.5 Å². The summed E-state index contributed by atoms with van der Waals surface area (Å²) in [5, 5.41) is 41.3. The number of hydrogen-bond donors (Lipinski definition) is 6. The molecule has 0 spiro atoms. The van der Waals surface area contributed by atoms with Gasteiger partial charge in [-0.3, -0.25) is 10.1 Å². The fraction of sp³-hybridized carbons (Fsp3) is 0. The fourth-order valence-corrected chi connectivity index (χ4v) is 2.43. The lowest BCUT2D eigenvalue weighted by atomic mass is 9.96. The van der Waals surface area contributed by atoms with Crippen molar-refractivity contribution in [1.82, 2.24) is 5.32 Å². The third kappa shape index (κ3) is 3.30. The third-order valence-corrected chi connectivity index (χ3v) is 3.56. The van der Waals surface area contributed by atoms with Gasteiger partial charge in [0, 0.05) is 15.6 Å². The van der Waals surface area contributed by atoms with E-state index in [9.17, 15) is 25.2 Å². The number of hydrogen-bond acceptors (Lipinski definition) is 6. The molecule has 7 N–H and O–H groups in total. The zero-order valence-corrected chi connectivity index (χ0v) is 13.8. The van der Waals surface area contributed by atoms with Crippen molar-refractivity contribution in [1.29, 1.82) is 0 Å². The van der Waals surface area contributed by atoms with Crippen LogP contribution in [-0.4, -0.2) is 31.4 Å². The van der Waals surface area contributed by atoms with Gasteiger partial charge in [-0.25, -0.2) is 0 Å². The van der Waals surface area contributed by atoms with E-state index < -0.39 is 23.2 Å². The monoisotopic (exact) mass is 398 g/mol. The number of nitrogens with one attached hydrogen (secondary N) is 1. The Bertz CT molecular complexity index is 825. The van der Waals surface area contributed by atoms with Crippen molar-refractivity contribution in [3.8, 4) is 34.1 Å². The molecule has 2 rings (SSSR count). The second kappa shape index (κ2) is 6.31. The number of rotatable bonds is 2. The molecule has 9 heteroatoms. The standard InChI is InChI=1S/C14H11BrN2O5S/c15-5-1-2-6(8(18)3-5)10-7(13(22)17-14(16)23)4-9(19)11(20)12(10)21/h1-4,18-21H,(H3,16,17,22,23). The van der Waals surface area contributed by atoms with E-state index in [0.717, 1.165) is 6.07 Å². The summed E-state index contributed by atoms with van der Waals surface area (Å²) in [5.74, 6) is -3.38. The second-order valence-electron chi connectivity index (χ2n) is 4.50. The van der Waals surface area contributed by atoms with Gasteiger partial charge in [-0.1, -0.05) is 15.9 Å². The number of carbonyl (C=O) groups is 1. The normalized spacial score (nSPS) is 10.3. The number of benzene rings is 2. The summed E-state index contributed by atoms with van der Waals surface area (Å²) in [5.41, 5.74) is 4.89. The quantitative estimate of drug-likeness (QED) is 0.335. The highest BCUT2D eigenvalue weighted by Crippen LogP contribution is 2.47. The van der Waals surface area contributed by atoms with E-state index in [1.165, 1.54) is 12.1 Å². The lowest BCUT2D eigenvalue weighted by Crippen LogP contribution is -2.35. The smallest absolute Gasteiger partial charge is 0.258 e. The van der Waals surface area contributed by atoms with Crippen molar-refractivity contribution in [3.05, 3.63) is 34.3 Å². The van der Waals surface area contributed by atoms with Gasteiger partial charge in [0.25, 0.3) is 5.91 Å². The zero-order valence-electron chi connectivity index (χ0n) is 11.4. The van der Waals surface area contributed by atoms with Gasteiger partial charge >= 0.3 is 0 Å². The molecule has 0 atom stereocenters. The van der Waals surface area contributed by atoms with E-state index in [2.05, 4.69) is 33.5 Å². The molecule has 0 aliphatic rings. The van der Waals surface area contributed by atoms with Crippen LogP contribution in [0, 0.1) is 0 Å². The summed E-state index contributed by atoms with van der Waals surface area (Å²) in [4.78, 5) is 12.2. The van der Waals surface area contributed by atoms with Gasteiger partial charge in [0.15, 0.2) is 16.6 Å². The highest BCUT2D eigenvalue weighted by Gasteiger charge is 2.24. The molecule has 0 aromatic heterocycles. The lowest BCUT2D eigenvalue weighted by molar-refractivity contribution is 0.0977. The molecule has 1 amide bonds. The lowest BCUT2D eigenvalue weighted by Gasteiger charge is -2.15. The molecule has 23 heavy (non-hydrogen) atoms. The average Bonchev–Trinajstić information content (AvgIpc) is 2.45. The van der Waals surface area contributed by atoms with Gasteiger partial charge in [0.2, 0.25) is 5.75 Å². The van der Waals surface area contributed by atoms with Crippen molar-refractivity contribution < 1.29 is 25.2 Å². The second-order valence-corrected chi connectivity index (χ2v) is 5.85. The van der Waals surface area contributed by atoms with Crippen LogP contribution in [0.25, 0.3) is 11.1 Å². The fourth-order valence-electron chi connectivity index (χ4n) is 1.99. The molecule has 0 saturated carbocycles. The van der Waals surface area contributed by atoms with Crippen LogP contribution in [0.2, 0.25) is 0 Å². The molecule has 0 aliphatic carbocycles. The van der Waals surface area contributed by atoms with Crippen LogP contribution >= 0.6 is 28.1 Å². The molecule has 2 aromatic rings. The summed E-state index contributed by atoms with van der Waals surface area (Å²) in [6, 6.07) is 5.25. The molecule has 0 aliphatic heterocycles. The number of thiocarbonyl (C=S) groups is 1. The Balaban J connectivity index is 2.77. The number of amides is 1. The van der Waals surface area contributed by atoms with Crippen molar-refractivity contribution in [3.63, 3.8) is 0 Å². The average molecular weight is 399 g/mol. The van der Waals surface area contributed by atoms with E-state index in [1.54, 1.807) is 6.07 Å². The van der Waals surface area contributed by atoms with Crippen LogP contribution in [-0.2, 0) is 0 Å². The first-order valence-electron chi connectivity index (χ1n) is 6.10. The van der Waals surface area contributed by atoms with Crippen molar-refractivity contribution in [2.45, 2.75) is 0 Å². The predicted octanol–water partition coefficient (Wildman–Crippen LogP) is 1.91. The minimum absolute atomic E-state index is 0.0640. The molecule has 0 saturated heterocycles. The van der Waals surface area contributed by atoms with Crippen LogP contribution in [0.4, 0.5) is 0 Å². The molecule has 0 unspecified atom stereocenters. The highest BCUT2D eigenvalue weighted by molar-refractivity contribution is 9.10. The van der Waals surface area contributed by atoms with E-state index >= 15 is 0 Å². The minimum Gasteiger partial charge on any atom is -0.507 e. The summed E-state index contributed by atoms with van der Waals surface area (Å²) >= 11 is 7.75. The van der Waals surface area contributed by atoms with Gasteiger partial charge in [-0.2, -0.15) is 0 Å². The Morgan fingerprint density at radius 1 is 1.09 bits per heavy atom. The Morgan fingerprint density at radius 2 is 1.74 bits per heavy atom. The molecule has 0 bridgehead atoms. The molecule has 120 valence electrons. The number of aromatic hydroxyl groups is 4. The first-order chi connectivity index (χ1) is 10.7. The summed E-state index contributed by atoms with van der Waals surface area (Å²) < 4.78 is 0.565. The van der Waals surface area contributed by atoms with Crippen molar-refractivity contribution in [2.75, 3.05) is 0 Å². The van der Waals surface area contributed by atoms with E-state index in [-0.39, 0.29) is 27.6 Å². The van der Waals surface area contributed by atoms with Crippen LogP contribution < -0.4 is 11.1 Å². The first kappa shape index (κ1) is 16.8. The topological polar surface area (TPSA) is 136 Å². The highest BCUT2D eigenvalue weighted by atomic mass is 79.9. The zero-order chi connectivity index (χ0) is 17.3. The van der Waals surface area contributed by atoms with E-state index in [1.807, 2.05) is 0 Å². The molecular formula is C14H11BrN2O5S. The number of halogens is 1. The van der Waals surface area contributed by atoms with Crippen molar-refractivity contribution >= 4 is 39.2 Å². The number of nitrogens with two attached hydrogens (primary N) is 1.